The summed E-state index contributed by atoms with van der Waals surface area (Å²) in [5.41, 5.74) is 3.83. The van der Waals surface area contributed by atoms with Crippen molar-refractivity contribution in [2.24, 2.45) is 11.8 Å². The highest BCUT2D eigenvalue weighted by atomic mass is 16.5. The molecule has 5 atom stereocenters. The molecule has 3 fully saturated rings. The SMILES string of the molecule is C=CC1CN2CCC1CC2C(OC(=O)C(c1ccccc1)c1ccccc1)c1ccnc2ccccc12. The molecule has 4 heteroatoms. The summed E-state index contributed by atoms with van der Waals surface area (Å²) in [6.45, 7) is 6.08. The first-order valence-electron chi connectivity index (χ1n) is 13.2. The molecule has 0 spiro atoms. The predicted molar refractivity (Wildman–Crippen MR) is 147 cm³/mol. The number of carbonyl (C=O) groups excluding carboxylic acids is 1. The van der Waals surface area contributed by atoms with Crippen molar-refractivity contribution in [3.8, 4) is 0 Å². The molecule has 37 heavy (non-hydrogen) atoms. The second-order valence-electron chi connectivity index (χ2n) is 10.3. The van der Waals surface area contributed by atoms with Crippen LogP contribution in [-0.2, 0) is 9.53 Å². The van der Waals surface area contributed by atoms with Gasteiger partial charge in [-0.2, -0.15) is 0 Å². The highest BCUT2D eigenvalue weighted by Crippen LogP contribution is 2.44. The van der Waals surface area contributed by atoms with Gasteiger partial charge < -0.3 is 4.74 Å². The Kier molecular flexibility index (Phi) is 6.58. The number of nitrogens with zero attached hydrogens (tertiary/aromatic N) is 2. The van der Waals surface area contributed by atoms with Crippen LogP contribution in [-0.4, -0.2) is 35.0 Å². The lowest BCUT2D eigenvalue weighted by atomic mass is 9.73. The van der Waals surface area contributed by atoms with Gasteiger partial charge in [-0.15, -0.1) is 6.58 Å². The average Bonchev–Trinajstić information content (AvgIpc) is 2.97. The molecular weight excluding hydrogens is 456 g/mol. The maximum Gasteiger partial charge on any atom is 0.318 e. The highest BCUT2D eigenvalue weighted by molar-refractivity contribution is 5.85. The zero-order chi connectivity index (χ0) is 25.2. The van der Waals surface area contributed by atoms with Gasteiger partial charge in [-0.05, 0) is 54.5 Å². The first-order chi connectivity index (χ1) is 18.2. The van der Waals surface area contributed by atoms with Gasteiger partial charge in [-0.25, -0.2) is 0 Å². The quantitative estimate of drug-likeness (QED) is 0.219. The van der Waals surface area contributed by atoms with Crippen LogP contribution in [0, 0.1) is 11.8 Å². The van der Waals surface area contributed by atoms with Crippen LogP contribution in [0.4, 0.5) is 0 Å². The summed E-state index contributed by atoms with van der Waals surface area (Å²) in [6, 6.07) is 30.2. The summed E-state index contributed by atoms with van der Waals surface area (Å²) in [4.78, 5) is 21.3. The maximum atomic E-state index is 14.2. The number of hydrogen-bond acceptors (Lipinski definition) is 4. The van der Waals surface area contributed by atoms with E-state index in [2.05, 4.69) is 28.6 Å². The Labute approximate surface area is 218 Å². The number of esters is 1. The first kappa shape index (κ1) is 23.6. The van der Waals surface area contributed by atoms with Crippen molar-refractivity contribution in [3.63, 3.8) is 0 Å². The lowest BCUT2D eigenvalue weighted by molar-refractivity contribution is -0.158. The van der Waals surface area contributed by atoms with Crippen LogP contribution in [0.5, 0.6) is 0 Å². The van der Waals surface area contributed by atoms with Gasteiger partial charge in [0.05, 0.1) is 11.6 Å². The molecule has 3 saturated heterocycles. The van der Waals surface area contributed by atoms with E-state index in [4.69, 9.17) is 4.74 Å². The van der Waals surface area contributed by atoms with Gasteiger partial charge in [0.15, 0.2) is 0 Å². The van der Waals surface area contributed by atoms with Crippen LogP contribution in [0.15, 0.2) is 110 Å². The fraction of sp³-hybridized carbons (Fsp3) is 0.273. The van der Waals surface area contributed by atoms with Gasteiger partial charge in [0.2, 0.25) is 0 Å². The molecule has 4 nitrogen and oxygen atoms in total. The molecule has 0 amide bonds. The molecule has 0 radical (unpaired) electrons. The molecule has 186 valence electrons. The van der Waals surface area contributed by atoms with E-state index in [1.807, 2.05) is 91.1 Å². The lowest BCUT2D eigenvalue weighted by Gasteiger charge is -2.51. The maximum absolute atomic E-state index is 14.2. The normalized spacial score (nSPS) is 23.6. The molecule has 4 aromatic rings. The van der Waals surface area contributed by atoms with Crippen LogP contribution >= 0.6 is 0 Å². The molecule has 1 aromatic heterocycles. The van der Waals surface area contributed by atoms with Gasteiger partial charge in [0, 0.05) is 23.7 Å². The fourth-order valence-electron chi connectivity index (χ4n) is 6.36. The Bertz CT molecular complexity index is 1340. The minimum absolute atomic E-state index is 0.122. The molecule has 0 aliphatic carbocycles. The third-order valence-electron chi connectivity index (χ3n) is 8.24. The van der Waals surface area contributed by atoms with Crippen molar-refractivity contribution in [1.29, 1.82) is 0 Å². The molecule has 0 N–H and O–H groups in total. The minimum atomic E-state index is -0.491. The van der Waals surface area contributed by atoms with Gasteiger partial charge >= 0.3 is 5.97 Å². The van der Waals surface area contributed by atoms with E-state index in [1.54, 1.807) is 0 Å². The van der Waals surface area contributed by atoms with E-state index in [1.165, 1.54) is 6.42 Å². The monoisotopic (exact) mass is 488 g/mol. The molecule has 3 aliphatic rings. The zero-order valence-corrected chi connectivity index (χ0v) is 20.9. The van der Waals surface area contributed by atoms with Crippen molar-refractivity contribution in [3.05, 3.63) is 127 Å². The van der Waals surface area contributed by atoms with Crippen LogP contribution in [0.25, 0.3) is 10.9 Å². The summed E-state index contributed by atoms with van der Waals surface area (Å²) in [5.74, 6) is 0.360. The molecule has 2 bridgehead atoms. The number of rotatable bonds is 7. The Morgan fingerprint density at radius 3 is 2.27 bits per heavy atom. The second-order valence-corrected chi connectivity index (χ2v) is 10.3. The number of para-hydroxylation sites is 1. The molecule has 3 aromatic carbocycles. The van der Waals surface area contributed by atoms with Gasteiger partial charge in [0.1, 0.15) is 12.0 Å². The van der Waals surface area contributed by atoms with Gasteiger partial charge in [0.25, 0.3) is 0 Å². The third-order valence-corrected chi connectivity index (χ3v) is 8.24. The highest BCUT2D eigenvalue weighted by Gasteiger charge is 2.44. The third kappa shape index (κ3) is 4.58. The Morgan fingerprint density at radius 1 is 0.946 bits per heavy atom. The van der Waals surface area contributed by atoms with Gasteiger partial charge in [-0.3, -0.25) is 14.7 Å². The Hall–Kier alpha value is -3.76. The Morgan fingerprint density at radius 2 is 1.62 bits per heavy atom. The van der Waals surface area contributed by atoms with E-state index in [-0.39, 0.29) is 18.1 Å². The number of hydrogen-bond donors (Lipinski definition) is 0. The summed E-state index contributed by atoms with van der Waals surface area (Å²) in [5, 5.41) is 1.04. The number of pyridine rings is 1. The summed E-state index contributed by atoms with van der Waals surface area (Å²) >= 11 is 0. The van der Waals surface area contributed by atoms with E-state index in [0.717, 1.165) is 47.1 Å². The average molecular weight is 489 g/mol. The molecule has 7 rings (SSSR count). The molecule has 3 aliphatic heterocycles. The summed E-state index contributed by atoms with van der Waals surface area (Å²) < 4.78 is 6.64. The number of carbonyl (C=O) groups is 1. The van der Waals surface area contributed by atoms with E-state index in [0.29, 0.717) is 11.8 Å². The molecule has 5 unspecified atom stereocenters. The van der Waals surface area contributed by atoms with E-state index in [9.17, 15) is 4.79 Å². The number of ether oxygens (including phenoxy) is 1. The van der Waals surface area contributed by atoms with E-state index >= 15 is 0 Å². The summed E-state index contributed by atoms with van der Waals surface area (Å²) in [6.07, 6.45) is 5.72. The topological polar surface area (TPSA) is 42.4 Å². The Balaban J connectivity index is 1.41. The predicted octanol–water partition coefficient (Wildman–Crippen LogP) is 6.55. The smallest absolute Gasteiger partial charge is 0.318 e. The van der Waals surface area contributed by atoms with Crippen molar-refractivity contribution < 1.29 is 9.53 Å². The number of fused-ring (bicyclic) bond motifs is 4. The van der Waals surface area contributed by atoms with Crippen molar-refractivity contribution in [2.45, 2.75) is 30.9 Å². The first-order valence-corrected chi connectivity index (χ1v) is 13.2. The standard InChI is InChI=1S/C33H32N2O2/c1-2-23-22-35-20-18-26(23)21-30(35)32(28-17-19-34-29-16-10-9-15-27(28)29)37-33(36)31(24-11-5-3-6-12-24)25-13-7-4-8-14-25/h2-17,19,23,26,30-32H,1,18,20-22H2. The van der Waals surface area contributed by atoms with Crippen LogP contribution in [0.2, 0.25) is 0 Å². The zero-order valence-electron chi connectivity index (χ0n) is 20.9. The number of piperidine rings is 3. The molecule has 4 heterocycles. The summed E-state index contributed by atoms with van der Waals surface area (Å²) in [7, 11) is 0. The number of aromatic nitrogens is 1. The van der Waals surface area contributed by atoms with Crippen LogP contribution in [0.3, 0.4) is 0 Å². The van der Waals surface area contributed by atoms with E-state index < -0.39 is 5.92 Å². The fourth-order valence-corrected chi connectivity index (χ4v) is 6.36. The molecule has 0 saturated carbocycles. The number of benzene rings is 3. The van der Waals surface area contributed by atoms with Crippen molar-refractivity contribution in [1.82, 2.24) is 9.88 Å². The van der Waals surface area contributed by atoms with Gasteiger partial charge in [-0.1, -0.05) is 84.9 Å². The second kappa shape index (κ2) is 10.3. The van der Waals surface area contributed by atoms with Crippen LogP contribution in [0.1, 0.15) is 41.6 Å². The largest absolute Gasteiger partial charge is 0.455 e. The van der Waals surface area contributed by atoms with Crippen molar-refractivity contribution >= 4 is 16.9 Å². The molecular formula is C33H32N2O2. The van der Waals surface area contributed by atoms with Crippen molar-refractivity contribution in [2.75, 3.05) is 13.1 Å². The lowest BCUT2D eigenvalue weighted by Crippen LogP contribution is -2.55. The van der Waals surface area contributed by atoms with Crippen LogP contribution < -0.4 is 0 Å². The minimum Gasteiger partial charge on any atom is -0.455 e.